The summed E-state index contributed by atoms with van der Waals surface area (Å²) in [5, 5.41) is 0. The molecule has 0 radical (unpaired) electrons. The fraction of sp³-hybridized carbons (Fsp3) is 0.500. The number of methoxy groups -OCH3 is 1. The Morgan fingerprint density at radius 3 is 2.86 bits per heavy atom. The summed E-state index contributed by atoms with van der Waals surface area (Å²) in [7, 11) is 1.22. The minimum absolute atomic E-state index is 0.0861. The van der Waals surface area contributed by atoms with Crippen LogP contribution in [0.3, 0.4) is 0 Å². The second-order valence-corrected chi connectivity index (χ2v) is 5.55. The maximum absolute atomic E-state index is 13.9. The number of amides is 1. The Bertz CT molecular complexity index is 544. The highest BCUT2D eigenvalue weighted by Crippen LogP contribution is 2.20. The van der Waals surface area contributed by atoms with Gasteiger partial charge in [-0.1, -0.05) is 13.0 Å². The van der Waals surface area contributed by atoms with Crippen LogP contribution in [-0.4, -0.2) is 30.4 Å². The van der Waals surface area contributed by atoms with Crippen molar-refractivity contribution in [2.75, 3.05) is 13.7 Å². The lowest BCUT2D eigenvalue weighted by Crippen LogP contribution is -2.29. The summed E-state index contributed by atoms with van der Waals surface area (Å²) in [6.07, 6.45) is 2.42. The highest BCUT2D eigenvalue weighted by molar-refractivity contribution is 5.89. The molecule has 0 bridgehead atoms. The average molecular weight is 293 g/mol. The van der Waals surface area contributed by atoms with Gasteiger partial charge in [-0.25, -0.2) is 9.18 Å². The molecule has 0 N–H and O–H groups in total. The van der Waals surface area contributed by atoms with Crippen molar-refractivity contribution in [2.45, 2.75) is 32.7 Å². The Kier molecular flexibility index (Phi) is 4.94. The van der Waals surface area contributed by atoms with Crippen LogP contribution >= 0.6 is 0 Å². The molecule has 1 aromatic rings. The molecule has 0 spiro atoms. The van der Waals surface area contributed by atoms with Crippen LogP contribution in [0.15, 0.2) is 18.2 Å². The van der Waals surface area contributed by atoms with E-state index in [0.29, 0.717) is 31.0 Å². The molecule has 21 heavy (non-hydrogen) atoms. The van der Waals surface area contributed by atoms with Gasteiger partial charge in [0.15, 0.2) is 0 Å². The van der Waals surface area contributed by atoms with E-state index >= 15 is 0 Å². The molecule has 1 aliphatic rings. The number of ether oxygens (including phenoxy) is 1. The highest BCUT2D eigenvalue weighted by Gasteiger charge is 2.21. The van der Waals surface area contributed by atoms with Crippen molar-refractivity contribution in [1.82, 2.24) is 4.90 Å². The molecule has 5 heteroatoms. The van der Waals surface area contributed by atoms with Crippen LogP contribution in [0.2, 0.25) is 0 Å². The Balaban J connectivity index is 2.10. The number of hydrogen-bond acceptors (Lipinski definition) is 3. The standard InChI is InChI=1S/C16H20FNO3/c1-11-3-6-15(19)18(8-7-11)10-12-4-5-13(14(17)9-12)16(20)21-2/h4-5,9,11H,3,6-8,10H2,1-2H3. The van der Waals surface area contributed by atoms with Crippen molar-refractivity contribution in [2.24, 2.45) is 5.92 Å². The third-order valence-electron chi connectivity index (χ3n) is 3.91. The topological polar surface area (TPSA) is 46.6 Å². The Hall–Kier alpha value is -1.91. The Labute approximate surface area is 123 Å². The summed E-state index contributed by atoms with van der Waals surface area (Å²) in [4.78, 5) is 25.1. The second-order valence-electron chi connectivity index (χ2n) is 5.55. The smallest absolute Gasteiger partial charge is 0.340 e. The van der Waals surface area contributed by atoms with Crippen LogP contribution in [0.5, 0.6) is 0 Å². The van der Waals surface area contributed by atoms with Crippen molar-refractivity contribution >= 4 is 11.9 Å². The summed E-state index contributed by atoms with van der Waals surface area (Å²) in [6.45, 7) is 3.21. The first-order valence-corrected chi connectivity index (χ1v) is 7.15. The number of likely N-dealkylation sites (tertiary alicyclic amines) is 1. The number of esters is 1. The van der Waals surface area contributed by atoms with Gasteiger partial charge in [0.25, 0.3) is 0 Å². The normalized spacial score (nSPS) is 19.3. The molecule has 1 unspecified atom stereocenters. The summed E-state index contributed by atoms with van der Waals surface area (Å²) in [6, 6.07) is 4.37. The minimum Gasteiger partial charge on any atom is -0.465 e. The molecule has 114 valence electrons. The first-order chi connectivity index (χ1) is 10.0. The van der Waals surface area contributed by atoms with Crippen LogP contribution in [0, 0.1) is 11.7 Å². The Morgan fingerprint density at radius 2 is 2.19 bits per heavy atom. The zero-order valence-electron chi connectivity index (χ0n) is 12.4. The lowest BCUT2D eigenvalue weighted by atomic mass is 10.0. The molecule has 1 heterocycles. The van der Waals surface area contributed by atoms with E-state index in [1.165, 1.54) is 19.2 Å². The fourth-order valence-corrected chi connectivity index (χ4v) is 2.49. The maximum Gasteiger partial charge on any atom is 0.340 e. The van der Waals surface area contributed by atoms with Crippen LogP contribution < -0.4 is 0 Å². The molecule has 0 saturated carbocycles. The second kappa shape index (κ2) is 6.70. The van der Waals surface area contributed by atoms with E-state index in [-0.39, 0.29) is 11.5 Å². The van der Waals surface area contributed by atoms with Crippen LogP contribution in [0.25, 0.3) is 0 Å². The predicted octanol–water partition coefficient (Wildman–Crippen LogP) is 2.76. The number of nitrogens with zero attached hydrogens (tertiary/aromatic N) is 1. The van der Waals surface area contributed by atoms with E-state index in [1.807, 2.05) is 0 Å². The van der Waals surface area contributed by atoms with Gasteiger partial charge in [0.05, 0.1) is 12.7 Å². The molecule has 2 rings (SSSR count). The summed E-state index contributed by atoms with van der Waals surface area (Å²) < 4.78 is 18.4. The molecule has 1 fully saturated rings. The number of carbonyl (C=O) groups excluding carboxylic acids is 2. The van der Waals surface area contributed by atoms with Gasteiger partial charge >= 0.3 is 5.97 Å². The third-order valence-corrected chi connectivity index (χ3v) is 3.91. The molecular weight excluding hydrogens is 273 g/mol. The third kappa shape index (κ3) is 3.80. The van der Waals surface area contributed by atoms with E-state index in [0.717, 1.165) is 12.8 Å². The highest BCUT2D eigenvalue weighted by atomic mass is 19.1. The average Bonchev–Trinajstić information content (AvgIpc) is 2.62. The zero-order chi connectivity index (χ0) is 15.4. The monoisotopic (exact) mass is 293 g/mol. The zero-order valence-corrected chi connectivity index (χ0v) is 12.4. The lowest BCUT2D eigenvalue weighted by molar-refractivity contribution is -0.131. The fourth-order valence-electron chi connectivity index (χ4n) is 2.49. The van der Waals surface area contributed by atoms with E-state index in [9.17, 15) is 14.0 Å². The quantitative estimate of drug-likeness (QED) is 0.805. The van der Waals surface area contributed by atoms with Gasteiger partial charge in [-0.05, 0) is 36.5 Å². The van der Waals surface area contributed by atoms with Crippen molar-refractivity contribution < 1.29 is 18.7 Å². The number of halogens is 1. The SMILES string of the molecule is COC(=O)c1ccc(CN2CCC(C)CCC2=O)cc1F. The number of carbonyl (C=O) groups is 2. The molecular formula is C16H20FNO3. The van der Waals surface area contributed by atoms with Gasteiger partial charge in [0.2, 0.25) is 5.91 Å². The molecule has 0 aliphatic carbocycles. The molecule has 4 nitrogen and oxygen atoms in total. The number of hydrogen-bond donors (Lipinski definition) is 0. The van der Waals surface area contributed by atoms with Gasteiger partial charge in [-0.3, -0.25) is 4.79 Å². The van der Waals surface area contributed by atoms with Crippen LogP contribution in [0.4, 0.5) is 4.39 Å². The van der Waals surface area contributed by atoms with E-state index in [1.54, 1.807) is 11.0 Å². The molecule has 1 aliphatic heterocycles. The van der Waals surface area contributed by atoms with E-state index < -0.39 is 11.8 Å². The van der Waals surface area contributed by atoms with E-state index in [4.69, 9.17) is 0 Å². The van der Waals surface area contributed by atoms with Gasteiger partial charge in [-0.15, -0.1) is 0 Å². The molecule has 0 aromatic heterocycles. The van der Waals surface area contributed by atoms with Crippen molar-refractivity contribution in [3.8, 4) is 0 Å². The summed E-state index contributed by atoms with van der Waals surface area (Å²) in [5.41, 5.74) is 0.597. The minimum atomic E-state index is -0.696. The largest absolute Gasteiger partial charge is 0.465 e. The van der Waals surface area contributed by atoms with Gasteiger partial charge in [0.1, 0.15) is 5.82 Å². The van der Waals surface area contributed by atoms with Crippen molar-refractivity contribution in [3.63, 3.8) is 0 Å². The van der Waals surface area contributed by atoms with Gasteiger partial charge in [0, 0.05) is 19.5 Å². The van der Waals surface area contributed by atoms with Crippen molar-refractivity contribution in [3.05, 3.63) is 35.1 Å². The van der Waals surface area contributed by atoms with E-state index in [2.05, 4.69) is 11.7 Å². The molecule has 1 saturated heterocycles. The number of benzene rings is 1. The summed E-state index contributed by atoms with van der Waals surface area (Å²) in [5.74, 6) is -0.664. The lowest BCUT2D eigenvalue weighted by Gasteiger charge is -2.21. The van der Waals surface area contributed by atoms with Crippen molar-refractivity contribution in [1.29, 1.82) is 0 Å². The first kappa shape index (κ1) is 15.5. The van der Waals surface area contributed by atoms with Crippen LogP contribution in [-0.2, 0) is 16.1 Å². The number of rotatable bonds is 3. The Morgan fingerprint density at radius 1 is 1.43 bits per heavy atom. The van der Waals surface area contributed by atoms with Crippen LogP contribution in [0.1, 0.15) is 42.1 Å². The van der Waals surface area contributed by atoms with Gasteiger partial charge in [-0.2, -0.15) is 0 Å². The maximum atomic E-state index is 13.9. The summed E-state index contributed by atoms with van der Waals surface area (Å²) >= 11 is 0. The molecule has 1 aromatic carbocycles. The first-order valence-electron chi connectivity index (χ1n) is 7.15. The van der Waals surface area contributed by atoms with Gasteiger partial charge < -0.3 is 9.64 Å². The molecule has 1 atom stereocenters. The molecule has 1 amide bonds. The predicted molar refractivity (Wildman–Crippen MR) is 76.2 cm³/mol.